The molecule has 2 amide bonds. The number of anilines is 1. The summed E-state index contributed by atoms with van der Waals surface area (Å²) in [5, 5.41) is 6.21. The van der Waals surface area contributed by atoms with Gasteiger partial charge in [-0.1, -0.05) is 13.8 Å². The summed E-state index contributed by atoms with van der Waals surface area (Å²) in [6.07, 6.45) is 0.498. The Kier molecular flexibility index (Phi) is 5.77. The van der Waals surface area contributed by atoms with Crippen molar-refractivity contribution in [3.8, 4) is 0 Å². The van der Waals surface area contributed by atoms with Gasteiger partial charge in [0.1, 0.15) is 0 Å². The zero-order valence-corrected chi connectivity index (χ0v) is 14.5. The second kappa shape index (κ2) is 7.59. The number of nitrogens with zero attached hydrogens (tertiary/aromatic N) is 1. The molecule has 23 heavy (non-hydrogen) atoms. The minimum Gasteiger partial charge on any atom is -0.333 e. The van der Waals surface area contributed by atoms with Gasteiger partial charge in [-0.15, -0.1) is 0 Å². The molecule has 2 N–H and O–H groups in total. The molecule has 126 valence electrons. The third-order valence-electron chi connectivity index (χ3n) is 4.10. The summed E-state index contributed by atoms with van der Waals surface area (Å²) < 4.78 is 0. The molecule has 1 aliphatic rings. The van der Waals surface area contributed by atoms with E-state index in [0.717, 1.165) is 30.9 Å². The summed E-state index contributed by atoms with van der Waals surface area (Å²) in [5.74, 6) is 0.394. The average Bonchev–Trinajstić information content (AvgIpc) is 2.48. The largest absolute Gasteiger partial charge is 0.333 e. The minimum absolute atomic E-state index is 0.0119. The highest BCUT2D eigenvalue weighted by Crippen LogP contribution is 2.19. The van der Waals surface area contributed by atoms with Crippen molar-refractivity contribution in [2.45, 2.75) is 40.2 Å². The number of rotatable bonds is 4. The number of piperazine rings is 1. The SMILES string of the molecule is Cc1cc(C(=O)N2CCNCC2C)ccc1NC(=O)CC(C)C. The molecule has 0 bridgehead atoms. The van der Waals surface area contributed by atoms with Crippen LogP contribution < -0.4 is 10.6 Å². The smallest absolute Gasteiger partial charge is 0.254 e. The number of carbonyl (C=O) groups excluding carboxylic acids is 2. The van der Waals surface area contributed by atoms with Crippen LogP contribution in [0.5, 0.6) is 0 Å². The van der Waals surface area contributed by atoms with Crippen molar-refractivity contribution in [2.75, 3.05) is 25.0 Å². The van der Waals surface area contributed by atoms with Crippen LogP contribution in [0.15, 0.2) is 18.2 Å². The summed E-state index contributed by atoms with van der Waals surface area (Å²) in [5.41, 5.74) is 2.37. The van der Waals surface area contributed by atoms with Gasteiger partial charge in [0.25, 0.3) is 5.91 Å². The molecule has 5 nitrogen and oxygen atoms in total. The number of carbonyl (C=O) groups is 2. The summed E-state index contributed by atoms with van der Waals surface area (Å²) in [6.45, 7) is 10.4. The van der Waals surface area contributed by atoms with E-state index in [1.54, 1.807) is 6.07 Å². The van der Waals surface area contributed by atoms with E-state index in [-0.39, 0.29) is 17.9 Å². The second-order valence-electron chi connectivity index (χ2n) is 6.73. The van der Waals surface area contributed by atoms with E-state index in [0.29, 0.717) is 17.9 Å². The van der Waals surface area contributed by atoms with Gasteiger partial charge < -0.3 is 15.5 Å². The fourth-order valence-electron chi connectivity index (χ4n) is 2.82. The van der Waals surface area contributed by atoms with Crippen molar-refractivity contribution >= 4 is 17.5 Å². The molecule has 1 saturated heterocycles. The Labute approximate surface area is 138 Å². The molecular weight excluding hydrogens is 290 g/mol. The van der Waals surface area contributed by atoms with Crippen molar-refractivity contribution in [3.63, 3.8) is 0 Å². The quantitative estimate of drug-likeness (QED) is 0.896. The van der Waals surface area contributed by atoms with Crippen molar-refractivity contribution in [1.29, 1.82) is 0 Å². The Morgan fingerprint density at radius 3 is 2.74 bits per heavy atom. The molecule has 0 spiro atoms. The fraction of sp³-hybridized carbons (Fsp3) is 0.556. The maximum Gasteiger partial charge on any atom is 0.254 e. The lowest BCUT2D eigenvalue weighted by Gasteiger charge is -2.34. The molecule has 0 radical (unpaired) electrons. The molecule has 0 aromatic heterocycles. The van der Waals surface area contributed by atoms with Crippen molar-refractivity contribution in [2.24, 2.45) is 5.92 Å². The Hall–Kier alpha value is -1.88. The number of hydrogen-bond donors (Lipinski definition) is 2. The van der Waals surface area contributed by atoms with Gasteiger partial charge in [0.15, 0.2) is 0 Å². The Balaban J connectivity index is 2.09. The van der Waals surface area contributed by atoms with Crippen LogP contribution in [0.25, 0.3) is 0 Å². The zero-order valence-electron chi connectivity index (χ0n) is 14.5. The lowest BCUT2D eigenvalue weighted by molar-refractivity contribution is -0.116. The van der Waals surface area contributed by atoms with Gasteiger partial charge in [-0.25, -0.2) is 0 Å². The summed E-state index contributed by atoms with van der Waals surface area (Å²) in [4.78, 5) is 26.4. The molecule has 0 aliphatic carbocycles. The first-order valence-corrected chi connectivity index (χ1v) is 8.30. The fourth-order valence-corrected chi connectivity index (χ4v) is 2.82. The van der Waals surface area contributed by atoms with Crippen LogP contribution in [0.2, 0.25) is 0 Å². The van der Waals surface area contributed by atoms with Gasteiger partial charge in [-0.2, -0.15) is 0 Å². The van der Waals surface area contributed by atoms with Crippen molar-refractivity contribution < 1.29 is 9.59 Å². The highest BCUT2D eigenvalue weighted by Gasteiger charge is 2.24. The van der Waals surface area contributed by atoms with Gasteiger partial charge in [0.2, 0.25) is 5.91 Å². The Morgan fingerprint density at radius 2 is 2.13 bits per heavy atom. The third-order valence-corrected chi connectivity index (χ3v) is 4.10. The van der Waals surface area contributed by atoms with Crippen LogP contribution >= 0.6 is 0 Å². The van der Waals surface area contributed by atoms with Gasteiger partial charge in [0, 0.05) is 43.3 Å². The molecule has 1 unspecified atom stereocenters. The number of aryl methyl sites for hydroxylation is 1. The average molecular weight is 317 g/mol. The topological polar surface area (TPSA) is 61.4 Å². The van der Waals surface area contributed by atoms with E-state index in [2.05, 4.69) is 17.6 Å². The highest BCUT2D eigenvalue weighted by molar-refractivity contribution is 5.96. The van der Waals surface area contributed by atoms with Crippen molar-refractivity contribution in [1.82, 2.24) is 10.2 Å². The van der Waals surface area contributed by atoms with Crippen molar-refractivity contribution in [3.05, 3.63) is 29.3 Å². The highest BCUT2D eigenvalue weighted by atomic mass is 16.2. The molecule has 2 rings (SSSR count). The Morgan fingerprint density at radius 1 is 1.39 bits per heavy atom. The number of amides is 2. The van der Waals surface area contributed by atoms with Crippen LogP contribution in [0.1, 0.15) is 43.1 Å². The maximum absolute atomic E-state index is 12.7. The molecule has 1 atom stereocenters. The van der Waals surface area contributed by atoms with E-state index in [1.165, 1.54) is 0 Å². The molecule has 5 heteroatoms. The van der Waals surface area contributed by atoms with E-state index in [1.807, 2.05) is 37.8 Å². The van der Waals surface area contributed by atoms with E-state index in [4.69, 9.17) is 0 Å². The van der Waals surface area contributed by atoms with Crippen LogP contribution in [0.3, 0.4) is 0 Å². The predicted molar refractivity (Wildman–Crippen MR) is 92.6 cm³/mol. The van der Waals surface area contributed by atoms with Crippen LogP contribution in [-0.2, 0) is 4.79 Å². The molecule has 1 fully saturated rings. The molecule has 1 heterocycles. The van der Waals surface area contributed by atoms with Crippen LogP contribution in [0.4, 0.5) is 5.69 Å². The molecule has 1 aromatic rings. The second-order valence-corrected chi connectivity index (χ2v) is 6.73. The molecule has 1 aliphatic heterocycles. The van der Waals surface area contributed by atoms with E-state index in [9.17, 15) is 9.59 Å². The monoisotopic (exact) mass is 317 g/mol. The molecule has 1 aromatic carbocycles. The first-order chi connectivity index (χ1) is 10.9. The normalized spacial score (nSPS) is 18.1. The zero-order chi connectivity index (χ0) is 17.0. The van der Waals surface area contributed by atoms with E-state index < -0.39 is 0 Å². The Bertz CT molecular complexity index is 584. The summed E-state index contributed by atoms with van der Waals surface area (Å²) >= 11 is 0. The molecular formula is C18H27N3O2. The minimum atomic E-state index is 0.0119. The molecule has 0 saturated carbocycles. The number of benzene rings is 1. The maximum atomic E-state index is 12.7. The summed E-state index contributed by atoms with van der Waals surface area (Å²) in [6, 6.07) is 5.69. The van der Waals surface area contributed by atoms with E-state index >= 15 is 0 Å². The van der Waals surface area contributed by atoms with Crippen LogP contribution in [0, 0.1) is 12.8 Å². The van der Waals surface area contributed by atoms with Crippen LogP contribution in [-0.4, -0.2) is 42.4 Å². The third kappa shape index (κ3) is 4.55. The van der Waals surface area contributed by atoms with Gasteiger partial charge in [-0.3, -0.25) is 9.59 Å². The standard InChI is InChI=1S/C18H27N3O2/c1-12(2)9-17(22)20-16-6-5-15(10-13(16)3)18(23)21-8-7-19-11-14(21)4/h5-6,10,12,14,19H,7-9,11H2,1-4H3,(H,20,22). The lowest BCUT2D eigenvalue weighted by atomic mass is 10.1. The first kappa shape index (κ1) is 17.5. The predicted octanol–water partition coefficient (Wildman–Crippen LogP) is 2.41. The number of hydrogen-bond acceptors (Lipinski definition) is 3. The first-order valence-electron chi connectivity index (χ1n) is 8.30. The lowest BCUT2D eigenvalue weighted by Crippen LogP contribution is -2.52. The van der Waals surface area contributed by atoms with Gasteiger partial charge >= 0.3 is 0 Å². The summed E-state index contributed by atoms with van der Waals surface area (Å²) in [7, 11) is 0. The number of nitrogens with one attached hydrogen (secondary N) is 2. The van der Waals surface area contributed by atoms with Gasteiger partial charge in [-0.05, 0) is 43.5 Å². The van der Waals surface area contributed by atoms with Gasteiger partial charge in [0.05, 0.1) is 0 Å².